The number of piperidine rings is 1. The van der Waals surface area contributed by atoms with Crippen molar-refractivity contribution in [3.05, 3.63) is 34.9 Å². The smallest absolute Gasteiger partial charge is 0.224 e. The first-order valence-corrected chi connectivity index (χ1v) is 9.44. The molecule has 1 amide bonds. The number of piperazine rings is 1. The number of hydrogen-bond acceptors (Lipinski definition) is 3. The Labute approximate surface area is 150 Å². The van der Waals surface area contributed by atoms with Gasteiger partial charge in [-0.3, -0.25) is 9.69 Å². The molecule has 0 unspecified atom stereocenters. The highest BCUT2D eigenvalue weighted by Crippen LogP contribution is 2.19. The topological polar surface area (TPSA) is 26.8 Å². The van der Waals surface area contributed by atoms with Crippen LogP contribution in [0.25, 0.3) is 0 Å². The van der Waals surface area contributed by atoms with Gasteiger partial charge in [-0.25, -0.2) is 0 Å². The first-order chi connectivity index (χ1) is 11.6. The summed E-state index contributed by atoms with van der Waals surface area (Å²) >= 11 is 6.06. The van der Waals surface area contributed by atoms with E-state index in [1.54, 1.807) is 0 Å². The van der Waals surface area contributed by atoms with E-state index >= 15 is 0 Å². The van der Waals surface area contributed by atoms with Crippen molar-refractivity contribution in [1.29, 1.82) is 0 Å². The van der Waals surface area contributed by atoms with Gasteiger partial charge in [0.25, 0.3) is 0 Å². The van der Waals surface area contributed by atoms with Crippen molar-refractivity contribution in [2.24, 2.45) is 0 Å². The monoisotopic (exact) mass is 349 g/mol. The molecule has 1 atom stereocenters. The van der Waals surface area contributed by atoms with Gasteiger partial charge in [-0.2, -0.15) is 0 Å². The van der Waals surface area contributed by atoms with Crippen molar-refractivity contribution in [3.8, 4) is 0 Å². The number of carbonyl (C=O) groups is 1. The van der Waals surface area contributed by atoms with Gasteiger partial charge >= 0.3 is 0 Å². The molecule has 0 bridgehead atoms. The van der Waals surface area contributed by atoms with Gasteiger partial charge in [0.05, 0.1) is 0 Å². The lowest BCUT2D eigenvalue weighted by molar-refractivity contribution is -0.134. The molecule has 5 heteroatoms. The number of nitrogens with zero attached hydrogens (tertiary/aromatic N) is 3. The van der Waals surface area contributed by atoms with E-state index < -0.39 is 0 Å². The lowest BCUT2D eigenvalue weighted by atomic mass is 9.99. The molecule has 0 N–H and O–H groups in total. The fourth-order valence-electron chi connectivity index (χ4n) is 3.78. The standard InChI is InChI=1S/C19H28ClN3O/c1-21-8-3-2-7-18(21)14-19(24)23-11-9-22(10-12-23)15-16-5-4-6-17(20)13-16/h4-6,13,18H,2-3,7-12,14-15H2,1H3/t18-/m0/s1. The summed E-state index contributed by atoms with van der Waals surface area (Å²) in [6.45, 7) is 5.61. The summed E-state index contributed by atoms with van der Waals surface area (Å²) < 4.78 is 0. The van der Waals surface area contributed by atoms with E-state index in [9.17, 15) is 4.79 Å². The number of carbonyl (C=O) groups excluding carboxylic acids is 1. The summed E-state index contributed by atoms with van der Waals surface area (Å²) in [6.07, 6.45) is 4.38. The molecule has 2 aliphatic heterocycles. The summed E-state index contributed by atoms with van der Waals surface area (Å²) in [6, 6.07) is 8.48. The molecule has 2 fully saturated rings. The zero-order chi connectivity index (χ0) is 16.9. The molecule has 0 radical (unpaired) electrons. The van der Waals surface area contributed by atoms with Gasteiger partial charge in [0.2, 0.25) is 5.91 Å². The second kappa shape index (κ2) is 8.32. The highest BCUT2D eigenvalue weighted by molar-refractivity contribution is 6.30. The molecular weight excluding hydrogens is 322 g/mol. The second-order valence-corrected chi connectivity index (χ2v) is 7.56. The second-order valence-electron chi connectivity index (χ2n) is 7.12. The maximum atomic E-state index is 12.6. The maximum absolute atomic E-state index is 12.6. The van der Waals surface area contributed by atoms with Gasteiger partial charge in [0, 0.05) is 50.2 Å². The van der Waals surface area contributed by atoms with Gasteiger partial charge in [-0.05, 0) is 44.1 Å². The Morgan fingerprint density at radius 3 is 2.67 bits per heavy atom. The molecule has 0 aliphatic carbocycles. The Morgan fingerprint density at radius 2 is 1.96 bits per heavy atom. The zero-order valence-corrected chi connectivity index (χ0v) is 15.3. The maximum Gasteiger partial charge on any atom is 0.224 e. The minimum absolute atomic E-state index is 0.330. The predicted octanol–water partition coefficient (Wildman–Crippen LogP) is 2.86. The van der Waals surface area contributed by atoms with Crippen LogP contribution >= 0.6 is 11.6 Å². The highest BCUT2D eigenvalue weighted by atomic mass is 35.5. The summed E-state index contributed by atoms with van der Waals surface area (Å²) in [4.78, 5) is 19.4. The average Bonchev–Trinajstić information content (AvgIpc) is 2.57. The van der Waals surface area contributed by atoms with Crippen molar-refractivity contribution >= 4 is 17.5 Å². The Bertz CT molecular complexity index is 557. The van der Waals surface area contributed by atoms with Crippen LogP contribution in [0.5, 0.6) is 0 Å². The van der Waals surface area contributed by atoms with Crippen LogP contribution in [0, 0.1) is 0 Å². The molecule has 0 spiro atoms. The van der Waals surface area contributed by atoms with Crippen LogP contribution in [0.15, 0.2) is 24.3 Å². The number of amides is 1. The largest absolute Gasteiger partial charge is 0.340 e. The van der Waals surface area contributed by atoms with Crippen molar-refractivity contribution in [1.82, 2.24) is 14.7 Å². The summed E-state index contributed by atoms with van der Waals surface area (Å²) in [5.74, 6) is 0.330. The molecule has 2 aliphatic rings. The van der Waals surface area contributed by atoms with E-state index in [2.05, 4.69) is 27.8 Å². The minimum Gasteiger partial charge on any atom is -0.340 e. The fourth-order valence-corrected chi connectivity index (χ4v) is 3.99. The van der Waals surface area contributed by atoms with Crippen LogP contribution in [0.1, 0.15) is 31.2 Å². The van der Waals surface area contributed by atoms with Gasteiger partial charge < -0.3 is 9.80 Å². The van der Waals surface area contributed by atoms with Crippen molar-refractivity contribution in [2.45, 2.75) is 38.3 Å². The Kier molecular flexibility index (Phi) is 6.14. The number of rotatable bonds is 4. The van der Waals surface area contributed by atoms with E-state index in [0.717, 1.165) is 50.7 Å². The molecule has 0 saturated carbocycles. The number of benzene rings is 1. The zero-order valence-electron chi connectivity index (χ0n) is 14.6. The third kappa shape index (κ3) is 4.71. The minimum atomic E-state index is 0.330. The lowest BCUT2D eigenvalue weighted by Gasteiger charge is -2.37. The van der Waals surface area contributed by atoms with Crippen LogP contribution in [0.2, 0.25) is 5.02 Å². The molecule has 4 nitrogen and oxygen atoms in total. The first-order valence-electron chi connectivity index (χ1n) is 9.06. The first kappa shape index (κ1) is 17.7. The van der Waals surface area contributed by atoms with Crippen molar-refractivity contribution in [2.75, 3.05) is 39.8 Å². The molecule has 24 heavy (non-hydrogen) atoms. The van der Waals surface area contributed by atoms with E-state index in [1.807, 2.05) is 18.2 Å². The number of halogens is 1. The molecule has 1 aromatic carbocycles. The normalized spacial score (nSPS) is 23.4. The SMILES string of the molecule is CN1CCCC[C@H]1CC(=O)N1CCN(Cc2cccc(Cl)c2)CC1. The van der Waals surface area contributed by atoms with Gasteiger partial charge in [0.1, 0.15) is 0 Å². The van der Waals surface area contributed by atoms with Gasteiger partial charge in [-0.15, -0.1) is 0 Å². The summed E-state index contributed by atoms with van der Waals surface area (Å²) in [7, 11) is 2.15. The quantitative estimate of drug-likeness (QED) is 0.836. The third-order valence-corrected chi connectivity index (χ3v) is 5.59. The number of hydrogen-bond donors (Lipinski definition) is 0. The third-order valence-electron chi connectivity index (χ3n) is 5.35. The van der Waals surface area contributed by atoms with Crippen molar-refractivity contribution < 1.29 is 4.79 Å². The van der Waals surface area contributed by atoms with E-state index in [1.165, 1.54) is 18.4 Å². The van der Waals surface area contributed by atoms with Crippen LogP contribution in [-0.4, -0.2) is 66.4 Å². The van der Waals surface area contributed by atoms with E-state index in [0.29, 0.717) is 18.4 Å². The Morgan fingerprint density at radius 1 is 1.17 bits per heavy atom. The van der Waals surface area contributed by atoms with Crippen LogP contribution in [0.4, 0.5) is 0 Å². The van der Waals surface area contributed by atoms with E-state index in [-0.39, 0.29) is 0 Å². The van der Waals surface area contributed by atoms with Crippen LogP contribution in [0.3, 0.4) is 0 Å². The predicted molar refractivity (Wildman–Crippen MR) is 98.2 cm³/mol. The molecule has 132 valence electrons. The van der Waals surface area contributed by atoms with Gasteiger partial charge in [-0.1, -0.05) is 30.2 Å². The summed E-state index contributed by atoms with van der Waals surface area (Å²) in [5, 5.41) is 0.790. The van der Waals surface area contributed by atoms with Crippen molar-refractivity contribution in [3.63, 3.8) is 0 Å². The van der Waals surface area contributed by atoms with E-state index in [4.69, 9.17) is 11.6 Å². The van der Waals surface area contributed by atoms with Gasteiger partial charge in [0.15, 0.2) is 0 Å². The Hall–Kier alpha value is -1.10. The molecule has 1 aromatic rings. The Balaban J connectivity index is 1.45. The summed E-state index contributed by atoms with van der Waals surface area (Å²) in [5.41, 5.74) is 1.24. The van der Waals surface area contributed by atoms with Crippen LogP contribution < -0.4 is 0 Å². The molecule has 3 rings (SSSR count). The lowest BCUT2D eigenvalue weighted by Crippen LogP contribution is -2.50. The average molecular weight is 350 g/mol. The molecule has 0 aromatic heterocycles. The highest BCUT2D eigenvalue weighted by Gasteiger charge is 2.26. The molecular formula is C19H28ClN3O. The molecule has 2 heterocycles. The fraction of sp³-hybridized carbons (Fsp3) is 0.632. The molecule has 2 saturated heterocycles. The number of likely N-dealkylation sites (tertiary alicyclic amines) is 1. The van der Waals surface area contributed by atoms with Crippen LogP contribution in [-0.2, 0) is 11.3 Å².